The van der Waals surface area contributed by atoms with Gasteiger partial charge in [-0.15, -0.1) is 0 Å². The highest BCUT2D eigenvalue weighted by molar-refractivity contribution is 7.89. The second-order valence-electron chi connectivity index (χ2n) is 7.61. The number of rotatable bonds is 4. The number of alkyl halides is 3. The lowest BCUT2D eigenvalue weighted by Crippen LogP contribution is -2.49. The van der Waals surface area contributed by atoms with Crippen LogP contribution in [0.4, 0.5) is 13.2 Å². The normalized spacial score (nSPS) is 17.5. The molecule has 2 heterocycles. The number of para-hydroxylation sites is 1. The number of fused-ring (bicyclic) bond motifs is 1. The molecule has 1 aliphatic rings. The van der Waals surface area contributed by atoms with Crippen molar-refractivity contribution in [3.63, 3.8) is 0 Å². The van der Waals surface area contributed by atoms with Crippen LogP contribution in [0.5, 0.6) is 0 Å². The summed E-state index contributed by atoms with van der Waals surface area (Å²) in [4.78, 5) is 21.5. The van der Waals surface area contributed by atoms with Crippen LogP contribution in [0.25, 0.3) is 10.9 Å². The molecule has 0 unspecified atom stereocenters. The number of hydrogen-bond donors (Lipinski definition) is 1. The molecule has 4 rings (SSSR count). The number of benzene rings is 2. The maximum atomic E-state index is 12.9. The van der Waals surface area contributed by atoms with Crippen molar-refractivity contribution in [1.29, 1.82) is 0 Å². The predicted octanol–water partition coefficient (Wildman–Crippen LogP) is 3.01. The zero-order valence-electron chi connectivity index (χ0n) is 17.1. The maximum absolute atomic E-state index is 12.9. The summed E-state index contributed by atoms with van der Waals surface area (Å²) in [5.74, 6) is 0.493. The lowest BCUT2D eigenvalue weighted by atomic mass is 10.2. The van der Waals surface area contributed by atoms with E-state index in [1.165, 1.54) is 4.31 Å². The minimum absolute atomic E-state index is 0.172. The summed E-state index contributed by atoms with van der Waals surface area (Å²) in [7, 11) is -3.91. The van der Waals surface area contributed by atoms with E-state index < -0.39 is 21.8 Å². The van der Waals surface area contributed by atoms with Crippen LogP contribution >= 0.6 is 0 Å². The Kier molecular flexibility index (Phi) is 5.82. The van der Waals surface area contributed by atoms with E-state index in [1.807, 2.05) is 11.8 Å². The summed E-state index contributed by atoms with van der Waals surface area (Å²) in [6.45, 7) is 3.00. The first kappa shape index (κ1) is 22.4. The van der Waals surface area contributed by atoms with Crippen LogP contribution < -0.4 is 5.56 Å². The molecule has 2 aromatic carbocycles. The second kappa shape index (κ2) is 8.30. The lowest BCUT2D eigenvalue weighted by Gasteiger charge is -2.37. The molecule has 11 heteroatoms. The molecule has 0 aliphatic carbocycles. The van der Waals surface area contributed by atoms with Gasteiger partial charge in [0.1, 0.15) is 5.82 Å². The SMILES string of the molecule is C[C@H](c1nc2ccccc2c(=O)[nH]1)N1CCN(S(=O)(=O)c2ccc(C(F)(F)F)cc2)CC1. The molecule has 0 bridgehead atoms. The van der Waals surface area contributed by atoms with E-state index in [1.54, 1.807) is 24.3 Å². The van der Waals surface area contributed by atoms with Crippen LogP contribution in [0, 0.1) is 0 Å². The Hall–Kier alpha value is -2.76. The van der Waals surface area contributed by atoms with E-state index in [-0.39, 0.29) is 29.6 Å². The van der Waals surface area contributed by atoms with Crippen molar-refractivity contribution in [1.82, 2.24) is 19.2 Å². The zero-order valence-corrected chi connectivity index (χ0v) is 17.9. The molecule has 1 saturated heterocycles. The van der Waals surface area contributed by atoms with Gasteiger partial charge in [0, 0.05) is 26.2 Å². The summed E-state index contributed by atoms with van der Waals surface area (Å²) >= 11 is 0. The Morgan fingerprint density at radius 2 is 1.62 bits per heavy atom. The Morgan fingerprint density at radius 3 is 2.25 bits per heavy atom. The van der Waals surface area contributed by atoms with Gasteiger partial charge in [-0.25, -0.2) is 13.4 Å². The van der Waals surface area contributed by atoms with E-state index in [0.717, 1.165) is 24.3 Å². The van der Waals surface area contributed by atoms with Crippen LogP contribution in [0.2, 0.25) is 0 Å². The number of hydrogen-bond acceptors (Lipinski definition) is 5. The van der Waals surface area contributed by atoms with Gasteiger partial charge in [0.2, 0.25) is 10.0 Å². The molecule has 0 radical (unpaired) electrons. The minimum atomic E-state index is -4.53. The molecule has 1 fully saturated rings. The molecule has 3 aromatic rings. The van der Waals surface area contributed by atoms with Crippen molar-refractivity contribution in [3.8, 4) is 0 Å². The van der Waals surface area contributed by atoms with Gasteiger partial charge in [-0.2, -0.15) is 17.5 Å². The Bertz CT molecular complexity index is 1280. The van der Waals surface area contributed by atoms with Crippen molar-refractivity contribution in [2.24, 2.45) is 0 Å². The molecule has 0 saturated carbocycles. The van der Waals surface area contributed by atoms with Gasteiger partial charge >= 0.3 is 6.18 Å². The molecule has 170 valence electrons. The monoisotopic (exact) mass is 466 g/mol. The molecular weight excluding hydrogens is 445 g/mol. The van der Waals surface area contributed by atoms with Crippen LogP contribution in [0.1, 0.15) is 24.4 Å². The number of sulfonamides is 1. The standard InChI is InChI=1S/C21H21F3N4O3S/c1-14(19-25-18-5-3-2-4-17(18)20(29)26-19)27-10-12-28(13-11-27)32(30,31)16-8-6-15(7-9-16)21(22,23)24/h2-9,14H,10-13H2,1H3,(H,25,26,29)/t14-/m1/s1. The van der Waals surface area contributed by atoms with Crippen molar-refractivity contribution in [2.75, 3.05) is 26.2 Å². The summed E-state index contributed by atoms with van der Waals surface area (Å²) in [6.07, 6.45) is -4.53. The first-order chi connectivity index (χ1) is 15.1. The largest absolute Gasteiger partial charge is 0.416 e. The zero-order chi connectivity index (χ0) is 23.1. The number of halogens is 3. The summed E-state index contributed by atoms with van der Waals surface area (Å²) in [5, 5.41) is 0.496. The topological polar surface area (TPSA) is 86.4 Å². The predicted molar refractivity (Wildman–Crippen MR) is 113 cm³/mol. The summed E-state index contributed by atoms with van der Waals surface area (Å²) in [6, 6.07) is 10.3. The van der Waals surface area contributed by atoms with E-state index in [0.29, 0.717) is 29.8 Å². The third kappa shape index (κ3) is 4.27. The van der Waals surface area contributed by atoms with Crippen LogP contribution in [0.15, 0.2) is 58.2 Å². The average Bonchev–Trinajstić information content (AvgIpc) is 2.78. The van der Waals surface area contributed by atoms with Gasteiger partial charge in [-0.05, 0) is 43.3 Å². The Balaban J connectivity index is 1.47. The number of aromatic nitrogens is 2. The molecule has 1 aliphatic heterocycles. The smallest absolute Gasteiger partial charge is 0.309 e. The fraction of sp³-hybridized carbons (Fsp3) is 0.333. The van der Waals surface area contributed by atoms with Crippen LogP contribution in [-0.2, 0) is 16.2 Å². The summed E-state index contributed by atoms with van der Waals surface area (Å²) in [5.41, 5.74) is -0.547. The van der Waals surface area contributed by atoms with Crippen LogP contribution in [-0.4, -0.2) is 53.8 Å². The Morgan fingerprint density at radius 1 is 1.00 bits per heavy atom. The van der Waals surface area contributed by atoms with Gasteiger partial charge < -0.3 is 4.98 Å². The third-order valence-corrected chi connectivity index (χ3v) is 7.58. The second-order valence-corrected chi connectivity index (χ2v) is 9.54. The van der Waals surface area contributed by atoms with Crippen LogP contribution in [0.3, 0.4) is 0 Å². The van der Waals surface area contributed by atoms with E-state index in [4.69, 9.17) is 0 Å². The first-order valence-electron chi connectivity index (χ1n) is 9.98. The lowest BCUT2D eigenvalue weighted by molar-refractivity contribution is -0.137. The summed E-state index contributed by atoms with van der Waals surface area (Å²) < 4.78 is 65.2. The molecular formula is C21H21F3N4O3S. The number of nitrogens with zero attached hydrogens (tertiary/aromatic N) is 3. The fourth-order valence-corrected chi connectivity index (χ4v) is 5.19. The highest BCUT2D eigenvalue weighted by Gasteiger charge is 2.33. The van der Waals surface area contributed by atoms with E-state index in [9.17, 15) is 26.4 Å². The quantitative estimate of drug-likeness (QED) is 0.639. The molecule has 1 atom stereocenters. The molecule has 0 spiro atoms. The maximum Gasteiger partial charge on any atom is 0.416 e. The molecule has 1 aromatic heterocycles. The van der Waals surface area contributed by atoms with Crippen molar-refractivity contribution < 1.29 is 21.6 Å². The minimum Gasteiger partial charge on any atom is -0.309 e. The van der Waals surface area contributed by atoms with Gasteiger partial charge in [0.25, 0.3) is 5.56 Å². The molecule has 7 nitrogen and oxygen atoms in total. The van der Waals surface area contributed by atoms with Crippen molar-refractivity contribution in [2.45, 2.75) is 24.0 Å². The first-order valence-corrected chi connectivity index (χ1v) is 11.4. The van der Waals surface area contributed by atoms with Crippen molar-refractivity contribution >= 4 is 20.9 Å². The van der Waals surface area contributed by atoms with Gasteiger partial charge in [-0.3, -0.25) is 9.69 Å². The highest BCUT2D eigenvalue weighted by Crippen LogP contribution is 2.30. The Labute approximate surface area is 182 Å². The number of nitrogens with one attached hydrogen (secondary N) is 1. The number of H-pyrrole nitrogens is 1. The van der Waals surface area contributed by atoms with E-state index >= 15 is 0 Å². The van der Waals surface area contributed by atoms with Gasteiger partial charge in [0.15, 0.2) is 0 Å². The van der Waals surface area contributed by atoms with Gasteiger partial charge in [0.05, 0.1) is 27.4 Å². The third-order valence-electron chi connectivity index (χ3n) is 5.67. The molecule has 32 heavy (non-hydrogen) atoms. The number of aromatic amines is 1. The van der Waals surface area contributed by atoms with Crippen molar-refractivity contribution in [3.05, 3.63) is 70.3 Å². The fourth-order valence-electron chi connectivity index (χ4n) is 3.77. The average molecular weight is 466 g/mol. The highest BCUT2D eigenvalue weighted by atomic mass is 32.2. The van der Waals surface area contributed by atoms with Gasteiger partial charge in [-0.1, -0.05) is 12.1 Å². The number of piperazine rings is 1. The molecule has 1 N–H and O–H groups in total. The van der Waals surface area contributed by atoms with E-state index in [2.05, 4.69) is 9.97 Å². The molecule has 0 amide bonds.